The molecule has 4 atom stereocenters. The molecule has 8 aromatic rings. The molecule has 0 saturated carbocycles. The van der Waals surface area contributed by atoms with E-state index in [1.165, 1.54) is 29.2 Å². The van der Waals surface area contributed by atoms with E-state index < -0.39 is 0 Å². The Hall–Kier alpha value is -6.57. The Morgan fingerprint density at radius 2 is 1.00 bits per heavy atom. The minimum absolute atomic E-state index is 0.00284. The van der Waals surface area contributed by atoms with Crippen LogP contribution in [0.25, 0.3) is 23.3 Å². The van der Waals surface area contributed by atoms with Crippen LogP contribution in [0.15, 0.2) is 85.2 Å². The van der Waals surface area contributed by atoms with Crippen LogP contribution in [-0.4, -0.2) is 122 Å². The average Bonchev–Trinajstić information content (AvgIpc) is 4.21. The Bertz CT molecular complexity index is 2890. The van der Waals surface area contributed by atoms with Crippen molar-refractivity contribution in [3.8, 4) is 23.3 Å². The first kappa shape index (κ1) is 52.7. The van der Waals surface area contributed by atoms with Gasteiger partial charge in [-0.25, -0.2) is 0 Å². The number of nitrogens with one attached hydrogen (secondary N) is 1. The summed E-state index contributed by atoms with van der Waals surface area (Å²) in [5.41, 5.74) is 10.9. The van der Waals surface area contributed by atoms with Crippen LogP contribution in [0.4, 0.5) is 0 Å². The number of H-pyrrole nitrogens is 1. The molecule has 12 heterocycles. The third-order valence-electron chi connectivity index (χ3n) is 13.9. The highest BCUT2D eigenvalue weighted by atomic mass is 16.5. The lowest BCUT2D eigenvalue weighted by Crippen LogP contribution is -2.14. The average molecular weight is 999 g/mol. The maximum absolute atomic E-state index is 11.2. The van der Waals surface area contributed by atoms with Crippen molar-refractivity contribution in [2.75, 3.05) is 52.9 Å². The monoisotopic (exact) mass is 999 g/mol. The summed E-state index contributed by atoms with van der Waals surface area (Å²) in [6, 6.07) is 25.3. The van der Waals surface area contributed by atoms with Crippen LogP contribution in [0, 0.1) is 61.3 Å². The number of aliphatic hydroxyl groups is 1. The van der Waals surface area contributed by atoms with E-state index in [0.29, 0.717) is 24.9 Å². The molecular weight excluding hydrogens is 925 g/mol. The van der Waals surface area contributed by atoms with Gasteiger partial charge in [0.25, 0.3) is 0 Å². The lowest BCUT2D eigenvalue weighted by atomic mass is 10.2. The largest absolute Gasteiger partial charge is 0.390 e. The second kappa shape index (κ2) is 24.4. The Balaban J connectivity index is 0.000000126. The number of nitrogens with zero attached hydrogens (tertiary/aromatic N) is 11. The zero-order valence-electron chi connectivity index (χ0n) is 44.1. The van der Waals surface area contributed by atoms with Crippen molar-refractivity contribution < 1.29 is 28.8 Å². The van der Waals surface area contributed by atoms with E-state index in [4.69, 9.17) is 18.9 Å². The van der Waals surface area contributed by atoms with E-state index in [9.17, 15) is 9.90 Å². The summed E-state index contributed by atoms with van der Waals surface area (Å²) in [7, 11) is 0. The molecule has 0 aromatic carbocycles. The van der Waals surface area contributed by atoms with E-state index in [1.54, 1.807) is 10.9 Å². The number of carbonyl (C=O) groups excluding carboxylic acids is 1. The van der Waals surface area contributed by atoms with Crippen molar-refractivity contribution >= 4 is 6.29 Å². The van der Waals surface area contributed by atoms with Crippen molar-refractivity contribution in [1.29, 1.82) is 0 Å². The van der Waals surface area contributed by atoms with E-state index in [1.807, 2.05) is 59.7 Å². The standard InChI is InChI=1S/C14H19N3O2.C14H17N3O2.C13H17N3O.C9H11N3.C5H10O/c2*1-10-3-4-11(2)16(10)14-7-13(8-18)17(15-14)12-5-6-19-9-12;1-10-3-4-11(2)16(10)13-5-7-15(14-13)12-6-8-17-9-12;1-7-3-4-8(2)12(7)9-5-6-10-11-9;1-5-2-3-6-4-5/h3-4,7,12,18H,5-6,8-9H2,1-2H3;3-4,7-8,12H,5-6,9H2,1-2H3;3-5,7,12H,6,8-9H2,1-2H3;3-6H,1-2H3,(H,10,11);5H,2-4H2,1H3/t3*12-;;5-/m111.0/s1. The minimum Gasteiger partial charge on any atom is -0.390 e. The summed E-state index contributed by atoms with van der Waals surface area (Å²) in [4.78, 5) is 11.2. The summed E-state index contributed by atoms with van der Waals surface area (Å²) < 4.78 is 35.4. The maximum Gasteiger partial charge on any atom is 0.168 e. The van der Waals surface area contributed by atoms with Crippen molar-refractivity contribution in [2.24, 2.45) is 5.92 Å². The fourth-order valence-electron chi connectivity index (χ4n) is 9.82. The first-order chi connectivity index (χ1) is 35.3. The molecule has 390 valence electrons. The van der Waals surface area contributed by atoms with Gasteiger partial charge in [0.05, 0.1) is 56.4 Å². The number of aldehydes is 1. The van der Waals surface area contributed by atoms with Crippen LogP contribution in [0.5, 0.6) is 0 Å². The Morgan fingerprint density at radius 3 is 1.42 bits per heavy atom. The number of aromatic amines is 1. The van der Waals surface area contributed by atoms with Crippen LogP contribution in [0.3, 0.4) is 0 Å². The molecule has 4 saturated heterocycles. The first-order valence-corrected chi connectivity index (χ1v) is 25.6. The van der Waals surface area contributed by atoms with Gasteiger partial charge in [0.1, 0.15) is 11.5 Å². The highest BCUT2D eigenvalue weighted by Crippen LogP contribution is 2.26. The zero-order chi connectivity index (χ0) is 51.6. The summed E-state index contributed by atoms with van der Waals surface area (Å²) in [6.45, 7) is 25.2. The van der Waals surface area contributed by atoms with Gasteiger partial charge in [-0.2, -0.15) is 20.4 Å². The summed E-state index contributed by atoms with van der Waals surface area (Å²) >= 11 is 0. The molecule has 0 aliphatic carbocycles. The van der Waals surface area contributed by atoms with E-state index in [2.05, 4.69) is 135 Å². The van der Waals surface area contributed by atoms with Crippen LogP contribution in [-0.2, 0) is 25.6 Å². The predicted molar refractivity (Wildman–Crippen MR) is 280 cm³/mol. The van der Waals surface area contributed by atoms with Crippen molar-refractivity contribution in [1.82, 2.24) is 57.8 Å². The van der Waals surface area contributed by atoms with Crippen LogP contribution in [0.2, 0.25) is 0 Å². The van der Waals surface area contributed by atoms with Crippen molar-refractivity contribution in [2.45, 2.75) is 113 Å². The fraction of sp³-hybridized carbons (Fsp3) is 0.473. The smallest absolute Gasteiger partial charge is 0.168 e. The van der Waals surface area contributed by atoms with Gasteiger partial charge in [-0.1, -0.05) is 6.92 Å². The van der Waals surface area contributed by atoms with E-state index >= 15 is 0 Å². The summed E-state index contributed by atoms with van der Waals surface area (Å²) in [5.74, 6) is 4.52. The number of aliphatic hydroxyl groups excluding tert-OH is 1. The van der Waals surface area contributed by atoms with Crippen LogP contribution in [0.1, 0.15) is 112 Å². The maximum atomic E-state index is 11.2. The highest BCUT2D eigenvalue weighted by Gasteiger charge is 2.25. The van der Waals surface area contributed by atoms with Gasteiger partial charge in [-0.05, 0) is 136 Å². The topological polar surface area (TPSA) is 176 Å². The van der Waals surface area contributed by atoms with Crippen LogP contribution >= 0.6 is 0 Å². The number of rotatable bonds is 9. The lowest BCUT2D eigenvalue weighted by molar-refractivity contribution is 0.111. The third kappa shape index (κ3) is 12.4. The number of hydrogen-bond acceptors (Lipinski definition) is 10. The molecule has 0 spiro atoms. The minimum atomic E-state index is 0.00284. The van der Waals surface area contributed by atoms with Crippen molar-refractivity contribution in [3.05, 3.63) is 142 Å². The highest BCUT2D eigenvalue weighted by molar-refractivity contribution is 5.73. The Kier molecular flexibility index (Phi) is 17.7. The SMILES string of the molecule is C[C@H]1CCOC1.Cc1ccc(C)n1-c1cc(C=O)n([C@@H]2CCOC2)n1.Cc1ccc(C)n1-c1cc(CO)n([C@@H]2CCOC2)n1.Cc1ccc(C)n1-c1ccn([C@@H]2CCOC2)n1.Cc1ccc(C)n1-c1ccn[nH]1. The molecule has 0 unspecified atom stereocenters. The van der Waals surface area contributed by atoms with Gasteiger partial charge in [0, 0.05) is 109 Å². The Labute approximate surface area is 428 Å². The normalized spacial score (nSPS) is 19.2. The fourth-order valence-corrected chi connectivity index (χ4v) is 9.82. The number of hydrogen-bond donors (Lipinski definition) is 2. The molecule has 0 bridgehead atoms. The Morgan fingerprint density at radius 1 is 0.548 bits per heavy atom. The number of aromatic nitrogens is 12. The third-order valence-corrected chi connectivity index (χ3v) is 13.9. The van der Waals surface area contributed by atoms with Crippen molar-refractivity contribution in [3.63, 3.8) is 0 Å². The number of aryl methyl sites for hydroxylation is 8. The molecule has 8 aromatic heterocycles. The lowest BCUT2D eigenvalue weighted by Gasteiger charge is -2.11. The van der Waals surface area contributed by atoms with Gasteiger partial charge in [-0.3, -0.25) is 23.9 Å². The molecule has 12 rings (SSSR count). The zero-order valence-corrected chi connectivity index (χ0v) is 44.1. The van der Waals surface area contributed by atoms with Gasteiger partial charge in [0.15, 0.2) is 23.7 Å². The molecule has 4 aliphatic heterocycles. The predicted octanol–water partition coefficient (Wildman–Crippen LogP) is 8.92. The first-order valence-electron chi connectivity index (χ1n) is 25.6. The summed E-state index contributed by atoms with van der Waals surface area (Å²) in [5, 5.41) is 30.3. The van der Waals surface area contributed by atoms with Crippen LogP contribution < -0.4 is 0 Å². The number of carbonyl (C=O) groups is 1. The molecule has 18 heteroatoms. The quantitative estimate of drug-likeness (QED) is 0.133. The molecule has 0 radical (unpaired) electrons. The van der Waals surface area contributed by atoms with E-state index in [0.717, 1.165) is 123 Å². The van der Waals surface area contributed by atoms with Gasteiger partial charge in [-0.15, -0.1) is 0 Å². The van der Waals surface area contributed by atoms with Gasteiger partial charge >= 0.3 is 0 Å². The molecule has 0 amide bonds. The molecule has 2 N–H and O–H groups in total. The second-order valence-corrected chi connectivity index (χ2v) is 19.5. The van der Waals surface area contributed by atoms with Gasteiger partial charge < -0.3 is 42.3 Å². The summed E-state index contributed by atoms with van der Waals surface area (Å²) in [6.07, 6.45) is 8.86. The second-order valence-electron chi connectivity index (χ2n) is 19.5. The molecule has 18 nitrogen and oxygen atoms in total. The molecule has 4 aliphatic rings. The number of ether oxygens (including phenoxy) is 4. The van der Waals surface area contributed by atoms with E-state index in [-0.39, 0.29) is 18.7 Å². The molecule has 73 heavy (non-hydrogen) atoms. The molecular formula is C55H74N12O6. The molecule has 4 fully saturated rings. The van der Waals surface area contributed by atoms with Gasteiger partial charge in [0.2, 0.25) is 0 Å².